The largest absolute Gasteiger partial charge is 0.242 e. The highest BCUT2D eigenvalue weighted by atomic mass is 14.5. The molecule has 1 atom stereocenters. The highest BCUT2D eigenvalue weighted by Crippen LogP contribution is 2.58. The number of benzene rings is 4. The van der Waals surface area contributed by atoms with Gasteiger partial charge in [0.05, 0.1) is 5.41 Å². The van der Waals surface area contributed by atoms with Gasteiger partial charge in [-0.05, 0) is 126 Å². The fourth-order valence-corrected chi connectivity index (χ4v) is 10.4. The molecular formula is C60H57B. The summed E-state index contributed by atoms with van der Waals surface area (Å²) in [5.41, 5.74) is 23.1. The average Bonchev–Trinajstić information content (AvgIpc) is 3.62. The molecular weight excluding hydrogens is 731 g/mol. The van der Waals surface area contributed by atoms with Crippen molar-refractivity contribution in [1.82, 2.24) is 0 Å². The van der Waals surface area contributed by atoms with Gasteiger partial charge in [0.25, 0.3) is 0 Å². The third kappa shape index (κ3) is 7.42. The highest BCUT2D eigenvalue weighted by Gasteiger charge is 2.48. The summed E-state index contributed by atoms with van der Waals surface area (Å²) in [5, 5.41) is 0. The Morgan fingerprint density at radius 1 is 0.787 bits per heavy atom. The Morgan fingerprint density at radius 2 is 1.56 bits per heavy atom. The summed E-state index contributed by atoms with van der Waals surface area (Å²) in [7, 11) is 0. The van der Waals surface area contributed by atoms with E-state index in [0.717, 1.165) is 25.7 Å². The summed E-state index contributed by atoms with van der Waals surface area (Å²) in [6.07, 6.45) is 44.2. The third-order valence-electron chi connectivity index (χ3n) is 13.1. The molecule has 0 spiro atoms. The minimum absolute atomic E-state index is 0.0190. The van der Waals surface area contributed by atoms with Gasteiger partial charge >= 0.3 is 0 Å². The van der Waals surface area contributed by atoms with Crippen LogP contribution in [0.3, 0.4) is 0 Å². The van der Waals surface area contributed by atoms with Crippen LogP contribution in [0.25, 0.3) is 22.8 Å². The van der Waals surface area contributed by atoms with E-state index < -0.39 is 5.41 Å². The van der Waals surface area contributed by atoms with Gasteiger partial charge in [-0.15, -0.1) is 0 Å². The van der Waals surface area contributed by atoms with Gasteiger partial charge in [-0.1, -0.05) is 230 Å². The number of rotatable bonds is 11. The molecule has 1 heteroatoms. The number of hydrogen-bond acceptors (Lipinski definition) is 0. The molecule has 4 aliphatic carbocycles. The SMILES string of the molecule is C=C/C=C\c1c(CC)ccc(C)c1B(C1=CCC=CC(c2ccc(C3(C(/C=C\C)=C/C=C)C4=CC=CCC=C4c4ccccc43)cc2)=C1)c1c(C)ccc2c1CC=CC=C2C. The van der Waals surface area contributed by atoms with E-state index in [1.165, 1.54) is 99.9 Å². The summed E-state index contributed by atoms with van der Waals surface area (Å²) in [4.78, 5) is 0. The second-order valence-corrected chi connectivity index (χ2v) is 16.6. The smallest absolute Gasteiger partial charge is 0.0991 e. The van der Waals surface area contributed by atoms with Crippen molar-refractivity contribution >= 4 is 40.4 Å². The third-order valence-corrected chi connectivity index (χ3v) is 13.1. The van der Waals surface area contributed by atoms with Crippen LogP contribution in [0.5, 0.6) is 0 Å². The second kappa shape index (κ2) is 18.0. The van der Waals surface area contributed by atoms with Gasteiger partial charge < -0.3 is 0 Å². The molecule has 0 N–H and O–H groups in total. The van der Waals surface area contributed by atoms with Gasteiger partial charge in [-0.25, -0.2) is 0 Å². The fourth-order valence-electron chi connectivity index (χ4n) is 10.4. The topological polar surface area (TPSA) is 0 Å². The number of aryl methyl sites for hydroxylation is 3. The Kier molecular flexibility index (Phi) is 12.2. The van der Waals surface area contributed by atoms with Crippen molar-refractivity contribution < 1.29 is 0 Å². The molecule has 0 saturated carbocycles. The molecule has 0 heterocycles. The first-order chi connectivity index (χ1) is 29.9. The van der Waals surface area contributed by atoms with E-state index in [0.29, 0.717) is 0 Å². The fraction of sp³-hybridized carbons (Fsp3) is 0.167. The van der Waals surface area contributed by atoms with Crippen molar-refractivity contribution in [1.29, 1.82) is 0 Å². The van der Waals surface area contributed by atoms with E-state index in [-0.39, 0.29) is 6.71 Å². The van der Waals surface area contributed by atoms with E-state index in [1.54, 1.807) is 0 Å². The minimum atomic E-state index is -0.499. The van der Waals surface area contributed by atoms with Gasteiger partial charge in [0.1, 0.15) is 0 Å². The van der Waals surface area contributed by atoms with Crippen LogP contribution in [0.2, 0.25) is 0 Å². The zero-order valence-corrected chi connectivity index (χ0v) is 36.6. The van der Waals surface area contributed by atoms with Gasteiger partial charge in [0.15, 0.2) is 0 Å². The van der Waals surface area contributed by atoms with Crippen LogP contribution in [0.1, 0.15) is 89.2 Å². The van der Waals surface area contributed by atoms with Crippen LogP contribution < -0.4 is 10.9 Å². The molecule has 8 rings (SSSR count). The summed E-state index contributed by atoms with van der Waals surface area (Å²) >= 11 is 0. The Balaban J connectivity index is 1.33. The Morgan fingerprint density at radius 3 is 2.34 bits per heavy atom. The Labute approximate surface area is 366 Å². The summed E-state index contributed by atoms with van der Waals surface area (Å²) in [6.45, 7) is 19.5. The Bertz CT molecular complexity index is 2750. The number of allylic oxidation sites excluding steroid dienone is 23. The summed E-state index contributed by atoms with van der Waals surface area (Å²) in [5.74, 6) is 0. The maximum Gasteiger partial charge on any atom is 0.242 e. The van der Waals surface area contributed by atoms with Crippen LogP contribution in [0.15, 0.2) is 206 Å². The van der Waals surface area contributed by atoms with Crippen molar-refractivity contribution in [3.63, 3.8) is 0 Å². The molecule has 0 bridgehead atoms. The van der Waals surface area contributed by atoms with Crippen LogP contribution in [0.4, 0.5) is 0 Å². The molecule has 0 aliphatic heterocycles. The lowest BCUT2D eigenvalue weighted by Gasteiger charge is -2.35. The lowest BCUT2D eigenvalue weighted by Crippen LogP contribution is -2.50. The lowest BCUT2D eigenvalue weighted by molar-refractivity contribution is 0.767. The molecule has 61 heavy (non-hydrogen) atoms. The molecule has 300 valence electrons. The van der Waals surface area contributed by atoms with Crippen molar-refractivity contribution in [3.05, 3.63) is 261 Å². The number of fused-ring (bicyclic) bond motifs is 4. The van der Waals surface area contributed by atoms with Crippen molar-refractivity contribution in [2.45, 2.75) is 65.7 Å². The van der Waals surface area contributed by atoms with E-state index in [1.807, 2.05) is 12.2 Å². The standard InChI is InChI=1S/C60H57B/c1-8-12-27-52-45(11-4)35-33-43(6)58(52)61(59-44(7)34-40-51-42(5)24-16-19-30-55(51)59)50-26-18-17-25-47(41-50)46-36-38-49(39-37-46)60(48(22-9-2)23-10-3)56-31-15-13-14-28-53(56)54-29-20-21-32-57(54)60/h8-10,12-13,15-17,19-29,31-41H,1-2,11,14,18,30H2,3-7H3/b23-10-,27-12-,48-22+. The first-order valence-electron chi connectivity index (χ1n) is 22.1. The monoisotopic (exact) mass is 788 g/mol. The predicted molar refractivity (Wildman–Crippen MR) is 269 cm³/mol. The molecule has 0 nitrogen and oxygen atoms in total. The maximum absolute atomic E-state index is 4.19. The van der Waals surface area contributed by atoms with Crippen molar-refractivity contribution in [2.75, 3.05) is 0 Å². The van der Waals surface area contributed by atoms with Crippen LogP contribution in [0, 0.1) is 13.8 Å². The average molecular weight is 789 g/mol. The maximum atomic E-state index is 4.19. The second-order valence-electron chi connectivity index (χ2n) is 16.6. The zero-order valence-electron chi connectivity index (χ0n) is 36.6. The van der Waals surface area contributed by atoms with E-state index in [4.69, 9.17) is 0 Å². The predicted octanol–water partition coefficient (Wildman–Crippen LogP) is 14.0. The molecule has 4 aromatic rings. The highest BCUT2D eigenvalue weighted by molar-refractivity contribution is 6.93. The van der Waals surface area contributed by atoms with E-state index in [9.17, 15) is 0 Å². The van der Waals surface area contributed by atoms with Gasteiger partial charge in [0.2, 0.25) is 6.71 Å². The van der Waals surface area contributed by atoms with Gasteiger partial charge in [0, 0.05) is 0 Å². The molecule has 0 radical (unpaired) electrons. The van der Waals surface area contributed by atoms with Crippen molar-refractivity contribution in [3.8, 4) is 0 Å². The molecule has 0 aromatic heterocycles. The molecule has 0 amide bonds. The minimum Gasteiger partial charge on any atom is -0.0991 e. The van der Waals surface area contributed by atoms with Crippen LogP contribution >= 0.6 is 0 Å². The number of hydrogen-bond donors (Lipinski definition) is 0. The van der Waals surface area contributed by atoms with E-state index in [2.05, 4.69) is 218 Å². The van der Waals surface area contributed by atoms with Crippen molar-refractivity contribution in [2.24, 2.45) is 0 Å². The molecule has 4 aliphatic rings. The van der Waals surface area contributed by atoms with Gasteiger partial charge in [-0.2, -0.15) is 0 Å². The normalized spacial score (nSPS) is 18.2. The lowest BCUT2D eigenvalue weighted by atomic mass is 9.33. The first-order valence-corrected chi connectivity index (χ1v) is 22.1. The van der Waals surface area contributed by atoms with E-state index >= 15 is 0 Å². The summed E-state index contributed by atoms with van der Waals surface area (Å²) in [6, 6.07) is 27.8. The first kappa shape index (κ1) is 41.3. The molecule has 0 saturated heterocycles. The van der Waals surface area contributed by atoms with Crippen LogP contribution in [-0.4, -0.2) is 6.71 Å². The Hall–Kier alpha value is -6.44. The van der Waals surface area contributed by atoms with Gasteiger partial charge in [-0.3, -0.25) is 0 Å². The zero-order chi connectivity index (χ0) is 42.5. The molecule has 4 aromatic carbocycles. The summed E-state index contributed by atoms with van der Waals surface area (Å²) < 4.78 is 0. The molecule has 1 unspecified atom stereocenters. The van der Waals surface area contributed by atoms with Crippen LogP contribution in [-0.2, 0) is 18.3 Å². The quantitative estimate of drug-likeness (QED) is 0.105. The molecule has 0 fully saturated rings.